The van der Waals surface area contributed by atoms with E-state index in [-0.39, 0.29) is 24.4 Å². The van der Waals surface area contributed by atoms with E-state index in [1.165, 1.54) is 12.5 Å². The first kappa shape index (κ1) is 21.0. The Labute approximate surface area is 171 Å². The third-order valence-corrected chi connectivity index (χ3v) is 5.12. The van der Waals surface area contributed by atoms with Crippen LogP contribution in [0.15, 0.2) is 47.2 Å². The van der Waals surface area contributed by atoms with Crippen LogP contribution in [-0.4, -0.2) is 48.1 Å². The van der Waals surface area contributed by atoms with Gasteiger partial charge in [-0.2, -0.15) is 0 Å². The van der Waals surface area contributed by atoms with E-state index >= 15 is 0 Å². The normalized spacial score (nSPS) is 14.7. The maximum atomic E-state index is 12.2. The highest BCUT2D eigenvalue weighted by Gasteiger charge is 2.23. The number of benzene rings is 1. The number of hydrogen-bond acceptors (Lipinski definition) is 6. The minimum Gasteiger partial charge on any atom is -0.447 e. The van der Waals surface area contributed by atoms with Gasteiger partial charge >= 0.3 is 6.09 Å². The molecule has 0 saturated carbocycles. The van der Waals surface area contributed by atoms with Crippen LogP contribution in [0.5, 0.6) is 0 Å². The molecule has 1 amide bonds. The van der Waals surface area contributed by atoms with Crippen LogP contribution >= 0.6 is 0 Å². The van der Waals surface area contributed by atoms with E-state index in [1.54, 1.807) is 4.90 Å². The van der Waals surface area contributed by atoms with Gasteiger partial charge in [0.15, 0.2) is 0 Å². The number of aromatic nitrogens is 1. The quantitative estimate of drug-likeness (QED) is 0.441. The molecule has 0 radical (unpaired) electrons. The molecule has 0 bridgehead atoms. The molecule has 1 aliphatic rings. The highest BCUT2D eigenvalue weighted by atomic mass is 16.6. The summed E-state index contributed by atoms with van der Waals surface area (Å²) in [4.78, 5) is 29.7. The van der Waals surface area contributed by atoms with Crippen LogP contribution in [0.25, 0.3) is 0 Å². The zero-order chi connectivity index (χ0) is 20.3. The molecule has 0 aliphatic carbocycles. The van der Waals surface area contributed by atoms with Gasteiger partial charge in [-0.3, -0.25) is 4.79 Å². The van der Waals surface area contributed by atoms with Crippen molar-refractivity contribution in [3.05, 3.63) is 54.2 Å². The number of hydrogen-bond donors (Lipinski definition) is 0. The number of amides is 1. The van der Waals surface area contributed by atoms with E-state index in [0.29, 0.717) is 38.6 Å². The van der Waals surface area contributed by atoms with Crippen molar-refractivity contribution in [2.75, 3.05) is 26.3 Å². The number of Topliss-reactive ketones (excluding diaryl/α,β-unsaturated/α-hetero) is 1. The summed E-state index contributed by atoms with van der Waals surface area (Å²) in [6.07, 6.45) is 6.74. The number of oxazole rings is 1. The lowest BCUT2D eigenvalue weighted by Gasteiger charge is -2.31. The number of nitrogens with zero attached hydrogens (tertiary/aromatic N) is 2. The summed E-state index contributed by atoms with van der Waals surface area (Å²) >= 11 is 0. The van der Waals surface area contributed by atoms with Crippen LogP contribution in [0.4, 0.5) is 4.79 Å². The average molecular weight is 400 g/mol. The first-order valence-corrected chi connectivity index (χ1v) is 10.2. The van der Waals surface area contributed by atoms with Crippen LogP contribution in [-0.2, 0) is 16.1 Å². The molecule has 0 atom stereocenters. The van der Waals surface area contributed by atoms with E-state index < -0.39 is 0 Å². The Bertz CT molecular complexity index is 740. The van der Waals surface area contributed by atoms with Gasteiger partial charge in [0, 0.05) is 19.5 Å². The standard InChI is InChI=1S/C22H28N2O5/c25-20(21-23-11-14-28-21)8-4-7-18-9-12-24(13-10-18)22(26)29-16-15-27-17-19-5-2-1-3-6-19/h1-3,5-6,11,14,18H,4,7-10,12-13,15-17H2. The average Bonchev–Trinajstić information content (AvgIpc) is 3.30. The van der Waals surface area contributed by atoms with Crippen LogP contribution in [0.3, 0.4) is 0 Å². The van der Waals surface area contributed by atoms with Gasteiger partial charge in [0.2, 0.25) is 5.78 Å². The molecule has 29 heavy (non-hydrogen) atoms. The fourth-order valence-electron chi connectivity index (χ4n) is 3.47. The van der Waals surface area contributed by atoms with Gasteiger partial charge in [0.05, 0.1) is 19.4 Å². The molecule has 0 unspecified atom stereocenters. The number of carbonyl (C=O) groups excluding carboxylic acids is 2. The monoisotopic (exact) mass is 400 g/mol. The zero-order valence-corrected chi connectivity index (χ0v) is 16.6. The second-order valence-electron chi connectivity index (χ2n) is 7.24. The summed E-state index contributed by atoms with van der Waals surface area (Å²) in [7, 11) is 0. The van der Waals surface area contributed by atoms with Gasteiger partial charge in [0.25, 0.3) is 5.89 Å². The number of piperidine rings is 1. The molecule has 2 heterocycles. The molecular weight excluding hydrogens is 372 g/mol. The van der Waals surface area contributed by atoms with E-state index in [0.717, 1.165) is 31.2 Å². The smallest absolute Gasteiger partial charge is 0.409 e. The predicted octanol–water partition coefficient (Wildman–Crippen LogP) is 4.09. The molecule has 3 rings (SSSR count). The van der Waals surface area contributed by atoms with Gasteiger partial charge in [0.1, 0.15) is 12.9 Å². The topological polar surface area (TPSA) is 81.9 Å². The van der Waals surface area contributed by atoms with E-state index in [1.807, 2.05) is 30.3 Å². The lowest BCUT2D eigenvalue weighted by Crippen LogP contribution is -2.39. The summed E-state index contributed by atoms with van der Waals surface area (Å²) in [6, 6.07) is 9.90. The minimum atomic E-state index is -0.272. The Kier molecular flexibility index (Phi) is 8.25. The number of ketones is 1. The second kappa shape index (κ2) is 11.4. The molecule has 1 aliphatic heterocycles. The van der Waals surface area contributed by atoms with Crippen molar-refractivity contribution < 1.29 is 23.5 Å². The first-order valence-electron chi connectivity index (χ1n) is 10.2. The van der Waals surface area contributed by atoms with Crippen LogP contribution in [0.2, 0.25) is 0 Å². The van der Waals surface area contributed by atoms with Crippen LogP contribution in [0.1, 0.15) is 48.4 Å². The Morgan fingerprint density at radius 1 is 1.14 bits per heavy atom. The largest absolute Gasteiger partial charge is 0.447 e. The van der Waals surface area contributed by atoms with Crippen LogP contribution in [0, 0.1) is 5.92 Å². The molecule has 0 N–H and O–H groups in total. The molecule has 7 nitrogen and oxygen atoms in total. The molecular formula is C22H28N2O5. The van der Waals surface area contributed by atoms with Gasteiger partial charge in [-0.1, -0.05) is 30.3 Å². The molecule has 1 aromatic carbocycles. The van der Waals surface area contributed by atoms with E-state index in [2.05, 4.69) is 4.98 Å². The number of carbonyl (C=O) groups is 2. The number of ether oxygens (including phenoxy) is 2. The third kappa shape index (κ3) is 7.02. The van der Waals surface area contributed by atoms with Crippen molar-refractivity contribution in [1.29, 1.82) is 0 Å². The van der Waals surface area contributed by atoms with Crippen molar-refractivity contribution >= 4 is 11.9 Å². The van der Waals surface area contributed by atoms with E-state index in [9.17, 15) is 9.59 Å². The zero-order valence-electron chi connectivity index (χ0n) is 16.6. The van der Waals surface area contributed by atoms with E-state index in [4.69, 9.17) is 13.9 Å². The van der Waals surface area contributed by atoms with Crippen molar-refractivity contribution in [3.8, 4) is 0 Å². The molecule has 1 saturated heterocycles. The maximum absolute atomic E-state index is 12.2. The molecule has 156 valence electrons. The Morgan fingerprint density at radius 3 is 2.66 bits per heavy atom. The lowest BCUT2D eigenvalue weighted by atomic mass is 9.91. The van der Waals surface area contributed by atoms with Crippen molar-refractivity contribution in [1.82, 2.24) is 9.88 Å². The van der Waals surface area contributed by atoms with Gasteiger partial charge in [-0.25, -0.2) is 9.78 Å². The molecule has 7 heteroatoms. The fraction of sp³-hybridized carbons (Fsp3) is 0.500. The fourth-order valence-corrected chi connectivity index (χ4v) is 3.47. The summed E-state index contributed by atoms with van der Waals surface area (Å²) in [5, 5.41) is 0. The summed E-state index contributed by atoms with van der Waals surface area (Å²) in [6.45, 7) is 2.55. The third-order valence-electron chi connectivity index (χ3n) is 5.12. The Balaban J connectivity index is 1.23. The number of rotatable bonds is 10. The molecule has 2 aromatic rings. The highest BCUT2D eigenvalue weighted by Crippen LogP contribution is 2.23. The molecule has 1 aromatic heterocycles. The first-order chi connectivity index (χ1) is 14.2. The van der Waals surface area contributed by atoms with Crippen molar-refractivity contribution in [2.45, 2.75) is 38.7 Å². The Hall–Kier alpha value is -2.67. The summed E-state index contributed by atoms with van der Waals surface area (Å²) in [5.41, 5.74) is 1.10. The predicted molar refractivity (Wildman–Crippen MR) is 106 cm³/mol. The number of likely N-dealkylation sites (tertiary alicyclic amines) is 1. The summed E-state index contributed by atoms with van der Waals surface area (Å²) < 4.78 is 15.9. The van der Waals surface area contributed by atoms with Crippen molar-refractivity contribution in [3.63, 3.8) is 0 Å². The van der Waals surface area contributed by atoms with Gasteiger partial charge in [-0.15, -0.1) is 0 Å². The van der Waals surface area contributed by atoms with Crippen molar-refractivity contribution in [2.24, 2.45) is 5.92 Å². The molecule has 1 fully saturated rings. The maximum Gasteiger partial charge on any atom is 0.409 e. The SMILES string of the molecule is O=C(CCCC1CCN(C(=O)OCCOCc2ccccc2)CC1)c1ncco1. The second-order valence-corrected chi connectivity index (χ2v) is 7.24. The highest BCUT2D eigenvalue weighted by molar-refractivity contribution is 5.91. The minimum absolute atomic E-state index is 0.0505. The Morgan fingerprint density at radius 2 is 1.93 bits per heavy atom. The van der Waals surface area contributed by atoms with Gasteiger partial charge in [-0.05, 0) is 37.2 Å². The van der Waals surface area contributed by atoms with Gasteiger partial charge < -0.3 is 18.8 Å². The summed E-state index contributed by atoms with van der Waals surface area (Å²) in [5.74, 6) is 0.673. The molecule has 0 spiro atoms. The lowest BCUT2D eigenvalue weighted by molar-refractivity contribution is 0.0432. The van der Waals surface area contributed by atoms with Crippen LogP contribution < -0.4 is 0 Å².